The molecule has 1 aliphatic rings. The van der Waals surface area contributed by atoms with Crippen LogP contribution >= 0.6 is 0 Å². The molecule has 1 saturated carbocycles. The van der Waals surface area contributed by atoms with E-state index in [1.807, 2.05) is 0 Å². The molecular formula is C14H29NO3S. The molecule has 1 fully saturated rings. The first-order valence-electron chi connectivity index (χ1n) is 7.14. The van der Waals surface area contributed by atoms with Crippen molar-refractivity contribution in [2.24, 2.45) is 17.1 Å². The van der Waals surface area contributed by atoms with Crippen LogP contribution in [0.3, 0.4) is 0 Å². The van der Waals surface area contributed by atoms with E-state index in [0.717, 1.165) is 12.8 Å². The Morgan fingerprint density at radius 3 is 2.42 bits per heavy atom. The highest BCUT2D eigenvalue weighted by Gasteiger charge is 2.40. The number of rotatable bonds is 5. The van der Waals surface area contributed by atoms with Crippen LogP contribution in [0.5, 0.6) is 0 Å². The van der Waals surface area contributed by atoms with Crippen LogP contribution in [0, 0.1) is 11.3 Å². The molecule has 0 aromatic carbocycles. The summed E-state index contributed by atoms with van der Waals surface area (Å²) < 4.78 is 29.7. The van der Waals surface area contributed by atoms with Gasteiger partial charge >= 0.3 is 0 Å². The van der Waals surface area contributed by atoms with Crippen LogP contribution in [0.4, 0.5) is 0 Å². The van der Waals surface area contributed by atoms with Gasteiger partial charge in [-0.15, -0.1) is 0 Å². The highest BCUT2D eigenvalue weighted by Crippen LogP contribution is 2.39. The fourth-order valence-electron chi connectivity index (χ4n) is 2.91. The minimum Gasteiger partial charge on any atom is -0.385 e. The molecule has 0 heterocycles. The molecular weight excluding hydrogens is 262 g/mol. The average molecular weight is 291 g/mol. The van der Waals surface area contributed by atoms with E-state index in [0.29, 0.717) is 25.4 Å². The van der Waals surface area contributed by atoms with Gasteiger partial charge in [0.1, 0.15) is 0 Å². The lowest BCUT2D eigenvalue weighted by Crippen LogP contribution is -2.48. The van der Waals surface area contributed by atoms with Crippen LogP contribution in [0.25, 0.3) is 0 Å². The highest BCUT2D eigenvalue weighted by molar-refractivity contribution is 7.92. The van der Waals surface area contributed by atoms with Crippen LogP contribution in [0.15, 0.2) is 0 Å². The lowest BCUT2D eigenvalue weighted by molar-refractivity contribution is 0.171. The van der Waals surface area contributed by atoms with Crippen molar-refractivity contribution in [2.45, 2.75) is 57.7 Å². The van der Waals surface area contributed by atoms with Crippen molar-refractivity contribution in [1.82, 2.24) is 0 Å². The number of nitrogens with two attached hydrogens (primary N) is 1. The summed E-state index contributed by atoms with van der Waals surface area (Å²) >= 11 is 0. The zero-order valence-corrected chi connectivity index (χ0v) is 13.5. The summed E-state index contributed by atoms with van der Waals surface area (Å²) in [6.45, 7) is 7.04. The molecule has 0 saturated heterocycles. The van der Waals surface area contributed by atoms with E-state index in [2.05, 4.69) is 20.8 Å². The van der Waals surface area contributed by atoms with Crippen molar-refractivity contribution in [3.63, 3.8) is 0 Å². The molecule has 0 spiro atoms. The maximum atomic E-state index is 12.4. The standard InChI is InChI=1S/C14H29NO3S/c1-14(2,3)11-6-7-12(15)13(10-11)19(16,17)9-5-8-18-4/h11-13H,5-10,15H2,1-4H3. The number of sulfone groups is 1. The Kier molecular flexibility index (Phi) is 5.83. The largest absolute Gasteiger partial charge is 0.385 e. The van der Waals surface area contributed by atoms with E-state index in [9.17, 15) is 8.42 Å². The molecule has 19 heavy (non-hydrogen) atoms. The van der Waals surface area contributed by atoms with Crippen molar-refractivity contribution in [3.8, 4) is 0 Å². The van der Waals surface area contributed by atoms with Gasteiger partial charge in [0.05, 0.1) is 11.0 Å². The molecule has 1 aliphatic carbocycles. The Morgan fingerprint density at radius 1 is 1.26 bits per heavy atom. The maximum Gasteiger partial charge on any atom is 0.154 e. The van der Waals surface area contributed by atoms with Crippen LogP contribution < -0.4 is 5.73 Å². The third-order valence-corrected chi connectivity index (χ3v) is 6.63. The summed E-state index contributed by atoms with van der Waals surface area (Å²) in [4.78, 5) is 0. The first kappa shape index (κ1) is 16.9. The third kappa shape index (κ3) is 4.72. The van der Waals surface area contributed by atoms with Crippen molar-refractivity contribution in [2.75, 3.05) is 19.5 Å². The molecule has 2 N–H and O–H groups in total. The molecule has 0 aromatic heterocycles. The molecule has 0 aliphatic heterocycles. The summed E-state index contributed by atoms with van der Waals surface area (Å²) in [5.74, 6) is 0.630. The van der Waals surface area contributed by atoms with Gasteiger partial charge in [-0.1, -0.05) is 20.8 Å². The summed E-state index contributed by atoms with van der Waals surface area (Å²) in [6.07, 6.45) is 3.12. The quantitative estimate of drug-likeness (QED) is 0.786. The number of hydrogen-bond donors (Lipinski definition) is 1. The van der Waals surface area contributed by atoms with Crippen LogP contribution in [-0.4, -0.2) is 39.2 Å². The molecule has 114 valence electrons. The Hall–Kier alpha value is -0.130. The topological polar surface area (TPSA) is 69.4 Å². The Morgan fingerprint density at radius 2 is 1.89 bits per heavy atom. The summed E-state index contributed by atoms with van der Waals surface area (Å²) in [7, 11) is -1.51. The second-order valence-corrected chi connectivity index (χ2v) is 9.13. The van der Waals surface area contributed by atoms with Gasteiger partial charge in [0.15, 0.2) is 9.84 Å². The maximum absolute atomic E-state index is 12.4. The van der Waals surface area contributed by atoms with Crippen molar-refractivity contribution >= 4 is 9.84 Å². The fourth-order valence-corrected chi connectivity index (χ4v) is 4.93. The van der Waals surface area contributed by atoms with E-state index in [1.54, 1.807) is 7.11 Å². The lowest BCUT2D eigenvalue weighted by atomic mass is 9.71. The molecule has 5 heteroatoms. The summed E-state index contributed by atoms with van der Waals surface area (Å²) in [6, 6.07) is -0.203. The van der Waals surface area contributed by atoms with E-state index >= 15 is 0 Å². The SMILES string of the molecule is COCCCS(=O)(=O)C1CC(C(C)(C)C)CCC1N. The van der Waals surface area contributed by atoms with Crippen LogP contribution in [0.2, 0.25) is 0 Å². The lowest BCUT2D eigenvalue weighted by Gasteiger charge is -2.40. The van der Waals surface area contributed by atoms with Gasteiger partial charge < -0.3 is 10.5 Å². The second-order valence-electron chi connectivity index (χ2n) is 6.79. The van der Waals surface area contributed by atoms with Gasteiger partial charge in [0.2, 0.25) is 0 Å². The van der Waals surface area contributed by atoms with E-state index < -0.39 is 9.84 Å². The second kappa shape index (κ2) is 6.55. The van der Waals surface area contributed by atoms with Crippen LogP contribution in [-0.2, 0) is 14.6 Å². The van der Waals surface area contributed by atoms with Crippen LogP contribution in [0.1, 0.15) is 46.5 Å². The summed E-state index contributed by atoms with van der Waals surface area (Å²) in [5.41, 5.74) is 6.22. The Labute approximate surface area is 118 Å². The Bertz CT molecular complexity index is 373. The molecule has 4 nitrogen and oxygen atoms in total. The molecule has 0 amide bonds. The summed E-state index contributed by atoms with van der Waals surface area (Å²) in [5, 5.41) is -0.373. The zero-order chi connectivity index (χ0) is 14.7. The number of hydrogen-bond acceptors (Lipinski definition) is 4. The molecule has 3 atom stereocenters. The van der Waals surface area contributed by atoms with Gasteiger partial charge in [-0.25, -0.2) is 8.42 Å². The minimum atomic E-state index is -3.10. The third-order valence-electron chi connectivity index (χ3n) is 4.31. The smallest absolute Gasteiger partial charge is 0.154 e. The first-order valence-corrected chi connectivity index (χ1v) is 8.86. The first-order chi connectivity index (χ1) is 8.68. The highest BCUT2D eigenvalue weighted by atomic mass is 32.2. The Balaban J connectivity index is 2.73. The van der Waals surface area contributed by atoms with E-state index in [-0.39, 0.29) is 22.5 Å². The van der Waals surface area contributed by atoms with Gasteiger partial charge in [0, 0.05) is 19.8 Å². The van der Waals surface area contributed by atoms with Crippen molar-refractivity contribution < 1.29 is 13.2 Å². The molecule has 0 radical (unpaired) electrons. The molecule has 1 rings (SSSR count). The van der Waals surface area contributed by atoms with Gasteiger partial charge in [-0.05, 0) is 37.0 Å². The minimum absolute atomic E-state index is 0.153. The van der Waals surface area contributed by atoms with Gasteiger partial charge in [-0.3, -0.25) is 0 Å². The fraction of sp³-hybridized carbons (Fsp3) is 1.00. The molecule has 3 unspecified atom stereocenters. The van der Waals surface area contributed by atoms with E-state index in [1.165, 1.54) is 0 Å². The van der Waals surface area contributed by atoms with Crippen molar-refractivity contribution in [3.05, 3.63) is 0 Å². The average Bonchev–Trinajstić information content (AvgIpc) is 2.27. The monoisotopic (exact) mass is 291 g/mol. The van der Waals surface area contributed by atoms with Gasteiger partial charge in [-0.2, -0.15) is 0 Å². The van der Waals surface area contributed by atoms with Crippen molar-refractivity contribution in [1.29, 1.82) is 0 Å². The van der Waals surface area contributed by atoms with Gasteiger partial charge in [0.25, 0.3) is 0 Å². The van der Waals surface area contributed by atoms with E-state index in [4.69, 9.17) is 10.5 Å². The molecule has 0 aromatic rings. The number of methoxy groups -OCH3 is 1. The zero-order valence-electron chi connectivity index (χ0n) is 12.7. The predicted molar refractivity (Wildman–Crippen MR) is 78.8 cm³/mol. The number of ether oxygens (including phenoxy) is 1. The normalized spacial score (nSPS) is 29.4. The molecule has 0 bridgehead atoms. The predicted octanol–water partition coefficient (Wildman–Crippen LogP) is 1.98.